The molecule has 1 aliphatic carbocycles. The van der Waals surface area contributed by atoms with E-state index in [4.69, 9.17) is 0 Å². The second-order valence-corrected chi connectivity index (χ2v) is 6.68. The number of aliphatic imine (C=N–C) groups is 1. The Morgan fingerprint density at radius 3 is 2.63 bits per heavy atom. The van der Waals surface area contributed by atoms with E-state index in [2.05, 4.69) is 11.6 Å². The van der Waals surface area contributed by atoms with Gasteiger partial charge in [0.2, 0.25) is 0 Å². The summed E-state index contributed by atoms with van der Waals surface area (Å²) in [5.41, 5.74) is 2.93. The van der Waals surface area contributed by atoms with Gasteiger partial charge in [0.25, 0.3) is 5.91 Å². The van der Waals surface area contributed by atoms with Crippen molar-refractivity contribution < 1.29 is 13.6 Å². The van der Waals surface area contributed by atoms with E-state index in [1.165, 1.54) is 23.9 Å². The van der Waals surface area contributed by atoms with Crippen molar-refractivity contribution in [3.8, 4) is 0 Å². The first-order valence-electron chi connectivity index (χ1n) is 8.29. The number of piperidine rings is 1. The molecule has 1 heterocycles. The molecule has 0 aromatic heterocycles. The number of nitrogens with zero attached hydrogens (tertiary/aromatic N) is 2. The maximum absolute atomic E-state index is 13.4. The van der Waals surface area contributed by atoms with Gasteiger partial charge in [-0.25, -0.2) is 8.78 Å². The molecule has 0 atom stereocenters. The number of carbonyl (C=O) groups excluding carboxylic acids is 1. The topological polar surface area (TPSA) is 32.7 Å². The molecule has 1 aliphatic heterocycles. The summed E-state index contributed by atoms with van der Waals surface area (Å²) in [7, 11) is 0. The summed E-state index contributed by atoms with van der Waals surface area (Å²) in [6, 6.07) is 3.24. The second kappa shape index (κ2) is 8.31. The lowest BCUT2D eigenvalue weighted by Gasteiger charge is -2.32. The molecule has 27 heavy (non-hydrogen) atoms. The molecule has 2 aliphatic rings. The van der Waals surface area contributed by atoms with Crippen LogP contribution in [0.5, 0.6) is 0 Å². The predicted octanol–water partition coefficient (Wildman–Crippen LogP) is 4.91. The van der Waals surface area contributed by atoms with Gasteiger partial charge in [0.15, 0.2) is 0 Å². The fraction of sp³-hybridized carbons (Fsp3) is 0.143. The van der Waals surface area contributed by atoms with Gasteiger partial charge in [-0.15, -0.1) is 11.8 Å². The van der Waals surface area contributed by atoms with E-state index >= 15 is 0 Å². The Labute approximate surface area is 161 Å². The molecular weight excluding hydrogens is 366 g/mol. The number of carbonyl (C=O) groups is 1. The van der Waals surface area contributed by atoms with E-state index < -0.39 is 11.6 Å². The standard InChI is InChI=1S/C21H18F2N2OS/c1-3-18(13-27-2)25-19-7-5-4-6-15(10-19)20(21(25)26)24-12-14-8-16(22)11-17(23)9-14/h3-9,11,13H,1,10,12H2,2H3/b18-13+,24-20?. The van der Waals surface area contributed by atoms with Crippen molar-refractivity contribution >= 4 is 23.4 Å². The van der Waals surface area contributed by atoms with Crippen molar-refractivity contribution in [2.24, 2.45) is 4.99 Å². The normalized spacial score (nSPS) is 18.3. The van der Waals surface area contributed by atoms with Crippen LogP contribution in [0.25, 0.3) is 0 Å². The minimum atomic E-state index is -0.666. The first-order valence-corrected chi connectivity index (χ1v) is 9.58. The van der Waals surface area contributed by atoms with Crippen LogP contribution in [-0.4, -0.2) is 22.8 Å². The van der Waals surface area contributed by atoms with Crippen molar-refractivity contribution in [1.82, 2.24) is 4.90 Å². The summed E-state index contributed by atoms with van der Waals surface area (Å²) in [4.78, 5) is 19.1. The Kier molecular flexibility index (Phi) is 5.86. The molecule has 1 aromatic carbocycles. The quantitative estimate of drug-likeness (QED) is 0.676. The van der Waals surface area contributed by atoms with Crippen LogP contribution >= 0.6 is 11.8 Å². The van der Waals surface area contributed by atoms with Crippen molar-refractivity contribution in [2.45, 2.75) is 13.0 Å². The summed E-state index contributed by atoms with van der Waals surface area (Å²) in [5.74, 6) is -1.61. The molecule has 1 fully saturated rings. The van der Waals surface area contributed by atoms with E-state index in [1.54, 1.807) is 11.0 Å². The van der Waals surface area contributed by atoms with E-state index in [1.807, 2.05) is 36.0 Å². The first kappa shape index (κ1) is 19.0. The first-order chi connectivity index (χ1) is 13.0. The molecule has 0 unspecified atom stereocenters. The molecule has 2 bridgehead atoms. The summed E-state index contributed by atoms with van der Waals surface area (Å²) in [6.45, 7) is 3.81. The fourth-order valence-corrected chi connectivity index (χ4v) is 3.42. The van der Waals surface area contributed by atoms with E-state index in [0.717, 1.165) is 17.3 Å². The van der Waals surface area contributed by atoms with E-state index in [-0.39, 0.29) is 18.2 Å². The summed E-state index contributed by atoms with van der Waals surface area (Å²) in [5, 5.41) is 1.84. The van der Waals surface area contributed by atoms with Gasteiger partial charge in [-0.3, -0.25) is 14.7 Å². The molecule has 3 nitrogen and oxygen atoms in total. The zero-order chi connectivity index (χ0) is 19.4. The second-order valence-electron chi connectivity index (χ2n) is 5.98. The maximum atomic E-state index is 13.4. The minimum absolute atomic E-state index is 0.0133. The lowest BCUT2D eigenvalue weighted by molar-refractivity contribution is -0.121. The number of benzene rings is 1. The van der Waals surface area contributed by atoms with Gasteiger partial charge in [0.1, 0.15) is 17.3 Å². The highest BCUT2D eigenvalue weighted by molar-refractivity contribution is 8.01. The zero-order valence-corrected chi connectivity index (χ0v) is 15.6. The number of allylic oxidation sites excluding steroid dienone is 6. The molecule has 3 rings (SSSR count). The number of thioether (sulfide) groups is 1. The van der Waals surface area contributed by atoms with Crippen LogP contribution in [0.1, 0.15) is 12.0 Å². The molecule has 1 saturated heterocycles. The Morgan fingerprint density at radius 2 is 1.96 bits per heavy atom. The Bertz CT molecular complexity index is 921. The van der Waals surface area contributed by atoms with Gasteiger partial charge in [0, 0.05) is 18.2 Å². The number of hydrogen-bond donors (Lipinski definition) is 0. The number of hydrogen-bond acceptors (Lipinski definition) is 3. The molecule has 0 radical (unpaired) electrons. The number of amides is 1. The number of rotatable bonds is 5. The third kappa shape index (κ3) is 4.17. The number of halogens is 2. The van der Waals surface area contributed by atoms with Gasteiger partial charge >= 0.3 is 0 Å². The molecular formula is C21H18F2N2OS. The van der Waals surface area contributed by atoms with Crippen molar-refractivity contribution in [3.63, 3.8) is 0 Å². The zero-order valence-electron chi connectivity index (χ0n) is 14.8. The Balaban J connectivity index is 2.00. The van der Waals surface area contributed by atoms with E-state index in [0.29, 0.717) is 17.7 Å². The van der Waals surface area contributed by atoms with Crippen molar-refractivity contribution in [1.29, 1.82) is 0 Å². The molecule has 0 N–H and O–H groups in total. The van der Waals surface area contributed by atoms with E-state index in [9.17, 15) is 13.6 Å². The van der Waals surface area contributed by atoms with Crippen LogP contribution in [0.2, 0.25) is 0 Å². The van der Waals surface area contributed by atoms with Gasteiger partial charge in [0.05, 0.1) is 12.2 Å². The van der Waals surface area contributed by atoms with Crippen LogP contribution in [0, 0.1) is 11.6 Å². The van der Waals surface area contributed by atoms with Gasteiger partial charge < -0.3 is 0 Å². The molecule has 0 saturated carbocycles. The molecule has 6 heteroatoms. The summed E-state index contributed by atoms with van der Waals surface area (Å²) < 4.78 is 26.8. The van der Waals surface area contributed by atoms with Crippen molar-refractivity contribution in [3.05, 3.63) is 94.7 Å². The summed E-state index contributed by atoms with van der Waals surface area (Å²) in [6.07, 6.45) is 11.5. The van der Waals surface area contributed by atoms with Gasteiger partial charge in [-0.1, -0.05) is 24.8 Å². The highest BCUT2D eigenvalue weighted by atomic mass is 32.2. The van der Waals surface area contributed by atoms with Gasteiger partial charge in [-0.2, -0.15) is 0 Å². The lowest BCUT2D eigenvalue weighted by Crippen LogP contribution is -2.40. The number of likely N-dealkylation sites (tertiary alicyclic amines) is 1. The molecule has 1 amide bonds. The van der Waals surface area contributed by atoms with Crippen LogP contribution in [0.3, 0.4) is 0 Å². The van der Waals surface area contributed by atoms with Crippen molar-refractivity contribution in [2.75, 3.05) is 6.26 Å². The maximum Gasteiger partial charge on any atom is 0.281 e. The molecule has 1 aromatic rings. The third-order valence-corrected chi connectivity index (χ3v) is 4.59. The average molecular weight is 384 g/mol. The van der Waals surface area contributed by atoms with Crippen LogP contribution in [0.15, 0.2) is 82.5 Å². The minimum Gasteiger partial charge on any atom is -0.279 e. The van der Waals surface area contributed by atoms with Gasteiger partial charge in [-0.05, 0) is 47.1 Å². The Hall–Kier alpha value is -2.73. The smallest absolute Gasteiger partial charge is 0.279 e. The van der Waals surface area contributed by atoms with Crippen LogP contribution in [0.4, 0.5) is 8.78 Å². The third-order valence-electron chi connectivity index (χ3n) is 4.11. The Morgan fingerprint density at radius 1 is 1.26 bits per heavy atom. The predicted molar refractivity (Wildman–Crippen MR) is 106 cm³/mol. The summed E-state index contributed by atoms with van der Waals surface area (Å²) >= 11 is 1.47. The molecule has 138 valence electrons. The number of fused-ring (bicyclic) bond motifs is 2. The fourth-order valence-electron chi connectivity index (χ4n) is 2.98. The largest absolute Gasteiger partial charge is 0.281 e. The SMILES string of the molecule is C=C/C(=C\SC)N1C(=O)C(=NCc2cc(F)cc(F)c2)C2=CC=CC=C1C2. The van der Waals surface area contributed by atoms with Crippen LogP contribution in [-0.2, 0) is 11.3 Å². The molecule has 0 spiro atoms. The highest BCUT2D eigenvalue weighted by Crippen LogP contribution is 2.31. The lowest BCUT2D eigenvalue weighted by atomic mass is 9.97. The van der Waals surface area contributed by atoms with Crippen LogP contribution < -0.4 is 0 Å². The highest BCUT2D eigenvalue weighted by Gasteiger charge is 2.33. The monoisotopic (exact) mass is 384 g/mol. The average Bonchev–Trinajstić information content (AvgIpc) is 2.83.